The molecule has 73 heavy (non-hydrogen) atoms. The fraction of sp³-hybridized carbons (Fsp3) is 0.822. The van der Waals surface area contributed by atoms with Gasteiger partial charge in [0.25, 0.3) is 0 Å². The molecule has 7 atom stereocenters. The number of nitrogen functional groups attached to an aromatic ring is 1. The Morgan fingerprint density at radius 2 is 1.32 bits per heavy atom. The lowest BCUT2D eigenvalue weighted by molar-refractivity contribution is -0.137. The summed E-state index contributed by atoms with van der Waals surface area (Å²) < 4.78 is 62.5. The van der Waals surface area contributed by atoms with Gasteiger partial charge in [0.05, 0.1) is 19.5 Å². The largest absolute Gasteiger partial charge is 0.481 e. The monoisotopic (exact) mass is 1120 g/mol. The molecule has 2 aromatic rings. The molecule has 1 aliphatic rings. The first kappa shape index (κ1) is 64.8. The number of rotatable bonds is 41. The van der Waals surface area contributed by atoms with Crippen LogP contribution in [0.4, 0.5) is 5.82 Å². The Bertz CT molecular complexity index is 2100. The fourth-order valence-corrected chi connectivity index (χ4v) is 11.6. The van der Waals surface area contributed by atoms with Crippen LogP contribution < -0.4 is 16.4 Å². The van der Waals surface area contributed by atoms with Gasteiger partial charge in [-0.15, -0.1) is 0 Å². The first-order chi connectivity index (χ1) is 34.6. The van der Waals surface area contributed by atoms with Crippen LogP contribution in [0.2, 0.25) is 0 Å². The minimum Gasteiger partial charge on any atom is -0.386 e. The number of amides is 2. The van der Waals surface area contributed by atoms with Crippen LogP contribution in [-0.2, 0) is 50.7 Å². The Labute approximate surface area is 433 Å². The molecule has 24 nitrogen and oxygen atoms in total. The lowest BCUT2D eigenvalue weighted by Crippen LogP contribution is -2.46. The van der Waals surface area contributed by atoms with Crippen molar-refractivity contribution in [1.29, 1.82) is 0 Å². The van der Waals surface area contributed by atoms with Gasteiger partial charge in [0.1, 0.15) is 36.3 Å². The van der Waals surface area contributed by atoms with Gasteiger partial charge in [0.2, 0.25) is 11.8 Å². The molecule has 0 saturated carbocycles. The molecule has 1 saturated heterocycles. The molecule has 1 aliphatic heterocycles. The number of phosphoric ester groups is 3. The molecule has 3 heterocycles. The SMILES string of the molecule is CCCCCCCCCCCCCCCCCCCCCCCC(=O)SCCNC(=O)CCNC(=O)C(O)C(C)(C)COP(=O)(O)OP(=O)(O)OC[C@H]1O[C@@H](n2cnc3c(N)ncnc32)[C@H](O)[C@@H]1OP(=O)(O)O. The van der Waals surface area contributed by atoms with Gasteiger partial charge in [-0.1, -0.05) is 161 Å². The molecule has 1 fully saturated rings. The van der Waals surface area contributed by atoms with Crippen LogP contribution in [-0.4, -0.2) is 123 Å². The van der Waals surface area contributed by atoms with Gasteiger partial charge in [-0.2, -0.15) is 4.31 Å². The topological polar surface area (TPSA) is 364 Å². The van der Waals surface area contributed by atoms with Gasteiger partial charge in [-0.05, 0) is 6.42 Å². The molecule has 0 spiro atoms. The van der Waals surface area contributed by atoms with Gasteiger partial charge in [-0.3, -0.25) is 32.5 Å². The van der Waals surface area contributed by atoms with Crippen LogP contribution in [0.3, 0.4) is 0 Å². The number of hydrogen-bond donors (Lipinski definition) is 9. The van der Waals surface area contributed by atoms with Crippen molar-refractivity contribution in [2.45, 2.75) is 199 Å². The summed E-state index contributed by atoms with van der Waals surface area (Å²) in [5, 5.41) is 26.7. The summed E-state index contributed by atoms with van der Waals surface area (Å²) in [5.41, 5.74) is 4.30. The van der Waals surface area contributed by atoms with E-state index in [9.17, 15) is 57.9 Å². The maximum atomic E-state index is 12.8. The zero-order chi connectivity index (χ0) is 53.9. The van der Waals surface area contributed by atoms with Gasteiger partial charge in [0, 0.05) is 37.1 Å². The molecule has 0 radical (unpaired) electrons. The maximum Gasteiger partial charge on any atom is 0.481 e. The van der Waals surface area contributed by atoms with E-state index in [4.69, 9.17) is 19.5 Å². The van der Waals surface area contributed by atoms with E-state index in [1.807, 2.05) is 0 Å². The first-order valence-corrected chi connectivity index (χ1v) is 31.1. The number of thioether (sulfide) groups is 1. The van der Waals surface area contributed by atoms with Crippen molar-refractivity contribution < 1.29 is 80.5 Å². The molecule has 2 amide bonds. The number of unbranched alkanes of at least 4 members (excludes halogenated alkanes) is 20. The van der Waals surface area contributed by atoms with Crippen molar-refractivity contribution in [2.75, 3.05) is 37.8 Å². The highest BCUT2D eigenvalue weighted by molar-refractivity contribution is 8.13. The summed E-state index contributed by atoms with van der Waals surface area (Å²) in [6, 6.07) is 0. The number of aromatic nitrogens is 4. The normalized spacial score (nSPS) is 19.4. The Morgan fingerprint density at radius 1 is 0.781 bits per heavy atom. The molecule has 10 N–H and O–H groups in total. The van der Waals surface area contributed by atoms with Gasteiger partial charge < -0.3 is 50.9 Å². The third kappa shape index (κ3) is 26.0. The maximum absolute atomic E-state index is 12.8. The Morgan fingerprint density at radius 3 is 1.86 bits per heavy atom. The van der Waals surface area contributed by atoms with E-state index in [2.05, 4.69) is 41.3 Å². The van der Waals surface area contributed by atoms with Crippen molar-refractivity contribution in [2.24, 2.45) is 5.41 Å². The number of nitrogens with two attached hydrogens (primary N) is 1. The highest BCUT2D eigenvalue weighted by Gasteiger charge is 2.50. The number of aliphatic hydroxyl groups is 2. The van der Waals surface area contributed by atoms with Gasteiger partial charge in [0.15, 0.2) is 22.8 Å². The smallest absolute Gasteiger partial charge is 0.386 e. The molecular weight excluding hydrogens is 1040 g/mol. The number of carbonyl (C=O) groups is 3. The van der Waals surface area contributed by atoms with E-state index < -0.39 is 84.6 Å². The van der Waals surface area contributed by atoms with E-state index in [1.54, 1.807) is 0 Å². The van der Waals surface area contributed by atoms with Gasteiger partial charge >= 0.3 is 23.5 Å². The van der Waals surface area contributed by atoms with Crippen molar-refractivity contribution in [1.82, 2.24) is 30.2 Å². The van der Waals surface area contributed by atoms with Crippen LogP contribution in [0.1, 0.15) is 175 Å². The predicted molar refractivity (Wildman–Crippen MR) is 274 cm³/mol. The number of carbonyl (C=O) groups excluding carboxylic acids is 3. The molecule has 2 aromatic heterocycles. The van der Waals surface area contributed by atoms with Crippen LogP contribution in [0, 0.1) is 5.41 Å². The molecule has 0 bridgehead atoms. The third-order valence-electron chi connectivity index (χ3n) is 12.2. The molecule has 0 aromatic carbocycles. The van der Waals surface area contributed by atoms with E-state index >= 15 is 0 Å². The summed E-state index contributed by atoms with van der Waals surface area (Å²) in [4.78, 5) is 88.6. The zero-order valence-corrected chi connectivity index (χ0v) is 46.1. The summed E-state index contributed by atoms with van der Waals surface area (Å²) in [6.07, 6.45) is 20.9. The average Bonchev–Trinajstić information content (AvgIpc) is 3.88. The first-order valence-electron chi connectivity index (χ1n) is 25.6. The van der Waals surface area contributed by atoms with Gasteiger partial charge in [-0.25, -0.2) is 28.6 Å². The average molecular weight is 1120 g/mol. The molecule has 3 unspecified atom stereocenters. The third-order valence-corrected chi connectivity index (χ3v) is 16.3. The van der Waals surface area contributed by atoms with Crippen molar-refractivity contribution in [3.8, 4) is 0 Å². The number of nitrogens with zero attached hydrogens (tertiary/aromatic N) is 4. The number of imidazole rings is 1. The number of aliphatic hydroxyl groups excluding tert-OH is 2. The minimum atomic E-state index is -5.58. The van der Waals surface area contributed by atoms with Crippen LogP contribution in [0.5, 0.6) is 0 Å². The number of nitrogens with one attached hydrogen (secondary N) is 2. The lowest BCUT2D eigenvalue weighted by atomic mass is 9.87. The van der Waals surface area contributed by atoms with E-state index in [1.165, 1.54) is 129 Å². The predicted octanol–water partition coefficient (Wildman–Crippen LogP) is 7.27. The van der Waals surface area contributed by atoms with Crippen LogP contribution in [0.15, 0.2) is 12.7 Å². The van der Waals surface area contributed by atoms with Crippen LogP contribution in [0.25, 0.3) is 11.2 Å². The summed E-state index contributed by atoms with van der Waals surface area (Å²) in [7, 11) is -16.4. The van der Waals surface area contributed by atoms with Crippen molar-refractivity contribution in [3.63, 3.8) is 0 Å². The van der Waals surface area contributed by atoms with E-state index in [-0.39, 0.29) is 41.6 Å². The number of phosphoric acid groups is 3. The number of anilines is 1. The standard InChI is InChI=1S/C45H82N7O17P3S/c1-4-5-6-7-8-9-10-11-12-13-14-15-16-17-18-19-20-21-22-23-24-25-36(54)73-29-28-47-35(53)26-27-48-43(57)40(56)45(2,3)31-66-72(63,64)69-71(61,62)65-30-34-39(68-70(58,59)60)38(55)44(67-34)52-33-51-37-41(46)49-32-50-42(37)52/h32-34,38-40,44,55-56H,4-31H2,1-3H3,(H,47,53)(H,48,57)(H,61,62)(H,63,64)(H2,46,49,50)(H2,58,59,60)/t34-,38-,39-,40?,44-/m1/s1. The highest BCUT2D eigenvalue weighted by atomic mass is 32.2. The molecule has 28 heteroatoms. The summed E-state index contributed by atoms with van der Waals surface area (Å²) >= 11 is 1.16. The summed E-state index contributed by atoms with van der Waals surface area (Å²) in [6.45, 7) is 2.86. The number of hydrogen-bond acceptors (Lipinski definition) is 18. The van der Waals surface area contributed by atoms with Crippen molar-refractivity contribution >= 4 is 69.1 Å². The molecule has 420 valence electrons. The second kappa shape index (κ2) is 33.7. The lowest BCUT2D eigenvalue weighted by Gasteiger charge is -2.30. The molecular formula is C45H82N7O17P3S. The number of fused-ring (bicyclic) bond motifs is 1. The van der Waals surface area contributed by atoms with E-state index in [0.717, 1.165) is 48.2 Å². The van der Waals surface area contributed by atoms with Crippen molar-refractivity contribution in [3.05, 3.63) is 12.7 Å². The Hall–Kier alpha value is -2.44. The molecule has 0 aliphatic carbocycles. The Kier molecular flexibility index (Phi) is 29.9. The Balaban J connectivity index is 1.22. The van der Waals surface area contributed by atoms with Crippen LogP contribution >= 0.6 is 35.2 Å². The molecule has 3 rings (SSSR count). The summed E-state index contributed by atoms with van der Waals surface area (Å²) in [5.74, 6) is -1.01. The van der Waals surface area contributed by atoms with E-state index in [0.29, 0.717) is 12.2 Å². The second-order valence-electron chi connectivity index (χ2n) is 19.1. The highest BCUT2D eigenvalue weighted by Crippen LogP contribution is 2.61. The zero-order valence-electron chi connectivity index (χ0n) is 42.6. The second-order valence-corrected chi connectivity index (χ2v) is 24.5. The number of ether oxygens (including phenoxy) is 1. The fourth-order valence-electron chi connectivity index (χ4n) is 8.07. The quantitative estimate of drug-likeness (QED) is 0.0233. The minimum absolute atomic E-state index is 0.0346.